The molecule has 0 saturated heterocycles. The van der Waals surface area contributed by atoms with Crippen molar-refractivity contribution in [2.75, 3.05) is 6.61 Å². The summed E-state index contributed by atoms with van der Waals surface area (Å²) < 4.78 is 25.4. The standard InChI is InChI=1S/C14H13FN2O3/c1-17-7-10(6-16-17)14(18)19-8-12-5-9-4-11(15)2-3-13(9)20-12/h2-4,6-7,12H,5,8H2,1H3. The van der Waals surface area contributed by atoms with Crippen LogP contribution >= 0.6 is 0 Å². The first-order chi connectivity index (χ1) is 9.61. The van der Waals surface area contributed by atoms with Crippen LogP contribution in [0, 0.1) is 5.82 Å². The molecule has 0 saturated carbocycles. The molecule has 0 bridgehead atoms. The van der Waals surface area contributed by atoms with Gasteiger partial charge in [-0.3, -0.25) is 4.68 Å². The van der Waals surface area contributed by atoms with Crippen LogP contribution in [0.15, 0.2) is 30.6 Å². The first kappa shape index (κ1) is 12.7. The smallest absolute Gasteiger partial charge is 0.341 e. The zero-order chi connectivity index (χ0) is 14.1. The number of esters is 1. The molecule has 5 nitrogen and oxygen atoms in total. The average molecular weight is 276 g/mol. The molecule has 0 aliphatic carbocycles. The molecule has 1 unspecified atom stereocenters. The predicted molar refractivity (Wildman–Crippen MR) is 68.0 cm³/mol. The molecular weight excluding hydrogens is 263 g/mol. The molecule has 0 radical (unpaired) electrons. The van der Waals surface area contributed by atoms with Crippen molar-refractivity contribution in [2.45, 2.75) is 12.5 Å². The molecule has 0 amide bonds. The van der Waals surface area contributed by atoms with Crippen molar-refractivity contribution in [1.29, 1.82) is 0 Å². The molecule has 1 atom stereocenters. The number of hydrogen-bond acceptors (Lipinski definition) is 4. The number of aromatic nitrogens is 2. The zero-order valence-corrected chi connectivity index (χ0v) is 10.9. The first-order valence-electron chi connectivity index (χ1n) is 6.22. The number of ether oxygens (including phenoxy) is 2. The van der Waals surface area contributed by atoms with Crippen molar-refractivity contribution in [1.82, 2.24) is 9.78 Å². The third-order valence-electron chi connectivity index (χ3n) is 3.10. The number of benzene rings is 1. The minimum absolute atomic E-state index is 0.129. The van der Waals surface area contributed by atoms with Gasteiger partial charge in [-0.05, 0) is 18.2 Å². The van der Waals surface area contributed by atoms with Gasteiger partial charge < -0.3 is 9.47 Å². The van der Waals surface area contributed by atoms with Crippen LogP contribution in [0.3, 0.4) is 0 Å². The molecule has 1 aliphatic rings. The molecule has 104 valence electrons. The fraction of sp³-hybridized carbons (Fsp3) is 0.286. The summed E-state index contributed by atoms with van der Waals surface area (Å²) in [5.74, 6) is -0.0852. The molecule has 20 heavy (non-hydrogen) atoms. The van der Waals surface area contributed by atoms with Crippen LogP contribution in [0.2, 0.25) is 0 Å². The van der Waals surface area contributed by atoms with Crippen LogP contribution in [0.25, 0.3) is 0 Å². The monoisotopic (exact) mass is 276 g/mol. The molecule has 6 heteroatoms. The highest BCUT2D eigenvalue weighted by Crippen LogP contribution is 2.29. The van der Waals surface area contributed by atoms with Crippen LogP contribution in [0.4, 0.5) is 4.39 Å². The van der Waals surface area contributed by atoms with E-state index < -0.39 is 5.97 Å². The summed E-state index contributed by atoms with van der Waals surface area (Å²) in [5, 5.41) is 3.90. The highest BCUT2D eigenvalue weighted by molar-refractivity contribution is 5.88. The lowest BCUT2D eigenvalue weighted by Gasteiger charge is -2.10. The Hall–Kier alpha value is -2.37. The number of carbonyl (C=O) groups excluding carboxylic acids is 1. The Morgan fingerprint density at radius 2 is 2.45 bits per heavy atom. The Kier molecular flexibility index (Phi) is 3.14. The van der Waals surface area contributed by atoms with Crippen molar-refractivity contribution in [3.8, 4) is 5.75 Å². The number of halogens is 1. The van der Waals surface area contributed by atoms with Gasteiger partial charge in [0, 0.05) is 25.2 Å². The highest BCUT2D eigenvalue weighted by Gasteiger charge is 2.25. The Labute approximate surface area is 114 Å². The lowest BCUT2D eigenvalue weighted by molar-refractivity contribution is 0.0347. The first-order valence-corrected chi connectivity index (χ1v) is 6.22. The molecule has 2 aromatic rings. The van der Waals surface area contributed by atoms with Gasteiger partial charge in [-0.15, -0.1) is 0 Å². The maximum absolute atomic E-state index is 13.1. The molecule has 0 fully saturated rings. The van der Waals surface area contributed by atoms with E-state index in [9.17, 15) is 9.18 Å². The van der Waals surface area contributed by atoms with Gasteiger partial charge in [0.25, 0.3) is 0 Å². The molecule has 1 aromatic heterocycles. The predicted octanol–water partition coefficient (Wildman–Crippen LogP) is 1.72. The molecule has 1 aromatic carbocycles. The summed E-state index contributed by atoms with van der Waals surface area (Å²) in [6.45, 7) is 0.129. The lowest BCUT2D eigenvalue weighted by Crippen LogP contribution is -2.22. The van der Waals surface area contributed by atoms with Crippen molar-refractivity contribution >= 4 is 5.97 Å². The SMILES string of the molecule is Cn1cc(C(=O)OCC2Cc3cc(F)ccc3O2)cn1. The summed E-state index contributed by atoms with van der Waals surface area (Å²) in [7, 11) is 1.72. The van der Waals surface area contributed by atoms with Gasteiger partial charge in [0.2, 0.25) is 0 Å². The molecule has 3 rings (SSSR count). The summed E-state index contributed by atoms with van der Waals surface area (Å²) in [5.41, 5.74) is 1.20. The van der Waals surface area contributed by atoms with E-state index in [-0.39, 0.29) is 18.5 Å². The number of carbonyl (C=O) groups is 1. The summed E-state index contributed by atoms with van der Waals surface area (Å²) in [6, 6.07) is 4.38. The van der Waals surface area contributed by atoms with Crippen molar-refractivity contribution in [2.24, 2.45) is 7.05 Å². The summed E-state index contributed by atoms with van der Waals surface area (Å²) >= 11 is 0. The van der Waals surface area contributed by atoms with E-state index in [1.165, 1.54) is 23.0 Å². The number of rotatable bonds is 3. The zero-order valence-electron chi connectivity index (χ0n) is 10.9. The van der Waals surface area contributed by atoms with Crippen LogP contribution in [-0.2, 0) is 18.2 Å². The topological polar surface area (TPSA) is 53.4 Å². The number of nitrogens with zero attached hydrogens (tertiary/aromatic N) is 2. The fourth-order valence-electron chi connectivity index (χ4n) is 2.16. The van der Waals surface area contributed by atoms with Crippen LogP contribution in [0.5, 0.6) is 5.75 Å². The lowest BCUT2D eigenvalue weighted by atomic mass is 10.1. The minimum atomic E-state index is -0.441. The van der Waals surface area contributed by atoms with E-state index in [0.717, 1.165) is 5.56 Å². The van der Waals surface area contributed by atoms with E-state index in [0.29, 0.717) is 17.7 Å². The largest absolute Gasteiger partial charge is 0.486 e. The van der Waals surface area contributed by atoms with E-state index in [1.807, 2.05) is 0 Å². The van der Waals surface area contributed by atoms with Crippen molar-refractivity contribution < 1.29 is 18.7 Å². The second kappa shape index (κ2) is 4.96. The third-order valence-corrected chi connectivity index (χ3v) is 3.10. The number of fused-ring (bicyclic) bond motifs is 1. The van der Waals surface area contributed by atoms with Gasteiger partial charge in [-0.25, -0.2) is 9.18 Å². The van der Waals surface area contributed by atoms with E-state index in [4.69, 9.17) is 9.47 Å². The van der Waals surface area contributed by atoms with Gasteiger partial charge in [0.15, 0.2) is 0 Å². The van der Waals surface area contributed by atoms with Gasteiger partial charge in [-0.2, -0.15) is 5.10 Å². The van der Waals surface area contributed by atoms with Crippen LogP contribution < -0.4 is 4.74 Å². The second-order valence-electron chi connectivity index (χ2n) is 4.70. The van der Waals surface area contributed by atoms with Gasteiger partial charge in [0.05, 0.1) is 11.8 Å². The van der Waals surface area contributed by atoms with Gasteiger partial charge in [0.1, 0.15) is 24.3 Å². The Balaban J connectivity index is 1.57. The normalized spacial score (nSPS) is 16.6. The molecule has 1 aliphatic heterocycles. The third kappa shape index (κ3) is 2.49. The van der Waals surface area contributed by atoms with E-state index in [2.05, 4.69) is 5.10 Å². The molecule has 2 heterocycles. The highest BCUT2D eigenvalue weighted by atomic mass is 19.1. The molecule has 0 N–H and O–H groups in total. The summed E-state index contributed by atoms with van der Waals surface area (Å²) in [6.07, 6.45) is 3.30. The maximum Gasteiger partial charge on any atom is 0.341 e. The molecule has 0 spiro atoms. The maximum atomic E-state index is 13.1. The Morgan fingerprint density at radius 1 is 1.60 bits per heavy atom. The molecular formula is C14H13FN2O3. The van der Waals surface area contributed by atoms with E-state index in [1.54, 1.807) is 19.3 Å². The van der Waals surface area contributed by atoms with Crippen molar-refractivity contribution in [3.05, 3.63) is 47.5 Å². The van der Waals surface area contributed by atoms with Gasteiger partial charge >= 0.3 is 5.97 Å². The average Bonchev–Trinajstić information content (AvgIpc) is 3.01. The second-order valence-corrected chi connectivity index (χ2v) is 4.70. The minimum Gasteiger partial charge on any atom is -0.486 e. The quantitative estimate of drug-likeness (QED) is 0.801. The fourth-order valence-corrected chi connectivity index (χ4v) is 2.16. The van der Waals surface area contributed by atoms with E-state index >= 15 is 0 Å². The number of aryl methyl sites for hydroxylation is 1. The van der Waals surface area contributed by atoms with Gasteiger partial charge in [-0.1, -0.05) is 0 Å². The summed E-state index contributed by atoms with van der Waals surface area (Å²) in [4.78, 5) is 11.8. The Morgan fingerprint density at radius 3 is 3.20 bits per heavy atom. The Bertz CT molecular complexity index is 654. The van der Waals surface area contributed by atoms with Crippen molar-refractivity contribution in [3.63, 3.8) is 0 Å². The van der Waals surface area contributed by atoms with Crippen LogP contribution in [-0.4, -0.2) is 28.5 Å². The number of hydrogen-bond donors (Lipinski definition) is 0. The van der Waals surface area contributed by atoms with Crippen LogP contribution in [0.1, 0.15) is 15.9 Å².